The van der Waals surface area contributed by atoms with Crippen LogP contribution in [0.1, 0.15) is 79.6 Å². The Labute approximate surface area is 202 Å². The quantitative estimate of drug-likeness (QED) is 0.248. The van der Waals surface area contributed by atoms with Gasteiger partial charge in [0, 0.05) is 0 Å². The minimum absolute atomic E-state index is 0.221. The van der Waals surface area contributed by atoms with Crippen molar-refractivity contribution in [2.45, 2.75) is 92.9 Å². The van der Waals surface area contributed by atoms with Gasteiger partial charge in [0.15, 0.2) is 0 Å². The molecule has 32 heavy (non-hydrogen) atoms. The van der Waals surface area contributed by atoms with Crippen molar-refractivity contribution < 1.29 is 0 Å². The summed E-state index contributed by atoms with van der Waals surface area (Å²) in [6.07, 6.45) is 9.44. The van der Waals surface area contributed by atoms with Gasteiger partial charge in [0.1, 0.15) is 0 Å². The summed E-state index contributed by atoms with van der Waals surface area (Å²) in [5.74, 6) is 0.672. The topological polar surface area (TPSA) is 24.1 Å². The van der Waals surface area contributed by atoms with Crippen LogP contribution in [-0.4, -0.2) is 25.4 Å². The molecule has 2 N–H and O–H groups in total. The summed E-state index contributed by atoms with van der Waals surface area (Å²) < 4.78 is 7.55. The van der Waals surface area contributed by atoms with Crippen LogP contribution in [0.2, 0.25) is 13.3 Å². The van der Waals surface area contributed by atoms with E-state index < -0.39 is 18.4 Å². The summed E-state index contributed by atoms with van der Waals surface area (Å²) in [4.78, 5) is 0. The summed E-state index contributed by atoms with van der Waals surface area (Å²) in [6, 6.07) is 13.3. The zero-order valence-electron chi connectivity index (χ0n) is 21.3. The van der Waals surface area contributed by atoms with E-state index in [1.165, 1.54) is 80.4 Å². The van der Waals surface area contributed by atoms with Crippen molar-refractivity contribution in [3.8, 4) is 0 Å². The Morgan fingerprint density at radius 3 is 1.78 bits per heavy atom. The molecule has 2 aromatic rings. The van der Waals surface area contributed by atoms with Crippen LogP contribution in [0.3, 0.4) is 0 Å². The predicted molar refractivity (Wildman–Crippen MR) is 149 cm³/mol. The third-order valence-corrected chi connectivity index (χ3v) is 21.5. The van der Waals surface area contributed by atoms with E-state index in [-0.39, 0.29) is 6.98 Å². The molecule has 0 fully saturated rings. The van der Waals surface area contributed by atoms with E-state index in [4.69, 9.17) is 0 Å². The molecule has 0 spiro atoms. The predicted octanol–water partition coefficient (Wildman–Crippen LogP) is 9.07. The van der Waals surface area contributed by atoms with E-state index in [1.54, 1.807) is 5.47 Å². The van der Waals surface area contributed by atoms with E-state index in [2.05, 4.69) is 85.6 Å². The zero-order chi connectivity index (χ0) is 23.0. The van der Waals surface area contributed by atoms with Crippen molar-refractivity contribution in [1.82, 2.24) is 0 Å². The van der Waals surface area contributed by atoms with Crippen LogP contribution < -0.4 is 10.5 Å². The van der Waals surface area contributed by atoms with Gasteiger partial charge in [0.25, 0.3) is 0 Å². The molecule has 3 rings (SSSR count). The van der Waals surface area contributed by atoms with Gasteiger partial charge < -0.3 is 0 Å². The van der Waals surface area contributed by atoms with Gasteiger partial charge in [-0.2, -0.15) is 0 Å². The molecule has 0 aliphatic carbocycles. The molecular formula is C28H45BN2Sn. The molecule has 174 valence electrons. The molecule has 0 radical (unpaired) electrons. The van der Waals surface area contributed by atoms with Crippen LogP contribution in [0, 0.1) is 5.92 Å². The Morgan fingerprint density at radius 2 is 1.34 bits per heavy atom. The minimum atomic E-state index is -2.39. The number of allylic oxidation sites excluding steroid dienone is 1. The molecule has 0 amide bonds. The Kier molecular flexibility index (Phi) is 9.88. The fraction of sp³-hybridized carbons (Fsp3) is 0.571. The van der Waals surface area contributed by atoms with Gasteiger partial charge in [0.2, 0.25) is 0 Å². The van der Waals surface area contributed by atoms with Crippen LogP contribution in [0.15, 0.2) is 46.0 Å². The average molecular weight is 539 g/mol. The van der Waals surface area contributed by atoms with Gasteiger partial charge in [-0.05, 0) is 0 Å². The van der Waals surface area contributed by atoms with Gasteiger partial charge >= 0.3 is 203 Å². The second-order valence-electron chi connectivity index (χ2n) is 10.4. The number of anilines is 2. The van der Waals surface area contributed by atoms with Gasteiger partial charge in [-0.1, -0.05) is 0 Å². The van der Waals surface area contributed by atoms with Crippen molar-refractivity contribution in [1.29, 1.82) is 0 Å². The molecule has 0 unspecified atom stereocenters. The fourth-order valence-electron chi connectivity index (χ4n) is 5.42. The molecule has 0 saturated heterocycles. The third kappa shape index (κ3) is 6.49. The Morgan fingerprint density at radius 1 is 0.844 bits per heavy atom. The maximum atomic E-state index is 3.91. The van der Waals surface area contributed by atoms with Crippen molar-refractivity contribution >= 4 is 47.5 Å². The van der Waals surface area contributed by atoms with E-state index in [1.807, 2.05) is 0 Å². The summed E-state index contributed by atoms with van der Waals surface area (Å²) in [6.45, 7) is 12.1. The van der Waals surface area contributed by atoms with Gasteiger partial charge in [0.05, 0.1) is 0 Å². The first-order chi connectivity index (χ1) is 15.5. The Balaban J connectivity index is 2.00. The van der Waals surface area contributed by atoms with Crippen molar-refractivity contribution in [3.05, 3.63) is 46.0 Å². The standard InChI is InChI=1S/C16H18BN2.3C4H9.Sn/c1-11(2)10-12(3)17-18-14-8-4-6-13-7-5-9-15(19-17)16(13)14;3*1-3-4-2;/h3-9,11,18-19H,10H2,1-2H3;3*1,3-4H2,2H3;. The second-order valence-corrected chi connectivity index (χ2v) is 23.3. The van der Waals surface area contributed by atoms with Crippen molar-refractivity contribution in [2.24, 2.45) is 5.92 Å². The number of hydrogen-bond acceptors (Lipinski definition) is 2. The molecule has 0 atom stereocenters. The number of unbranched alkanes of at least 4 members (excludes halogenated alkanes) is 3. The van der Waals surface area contributed by atoms with Crippen molar-refractivity contribution in [2.75, 3.05) is 10.5 Å². The van der Waals surface area contributed by atoms with E-state index in [9.17, 15) is 0 Å². The SMILES string of the molecule is CCC[CH2][Sn](/[CH]=C(/CC(C)C)B1Nc2cccc3cccc(c23)N1)([CH2]CCC)[CH2]CCC. The van der Waals surface area contributed by atoms with Gasteiger partial charge in [-0.15, -0.1) is 0 Å². The number of hydrogen-bond donors (Lipinski definition) is 2. The third-order valence-electron chi connectivity index (χ3n) is 7.10. The summed E-state index contributed by atoms with van der Waals surface area (Å²) >= 11 is -2.39. The number of benzene rings is 2. The molecule has 2 aromatic carbocycles. The first-order valence-electron chi connectivity index (χ1n) is 13.3. The van der Waals surface area contributed by atoms with Crippen LogP contribution in [-0.2, 0) is 0 Å². The fourth-order valence-corrected chi connectivity index (χ4v) is 20.9. The molecular weight excluding hydrogens is 494 g/mol. The summed E-state index contributed by atoms with van der Waals surface area (Å²) in [5.41, 5.74) is 4.21. The maximum absolute atomic E-state index is 3.91. The average Bonchev–Trinajstić information content (AvgIpc) is 2.79. The molecule has 4 heteroatoms. The first kappa shape index (κ1) is 25.5. The van der Waals surface area contributed by atoms with Crippen LogP contribution in [0.5, 0.6) is 0 Å². The second kappa shape index (κ2) is 12.4. The van der Waals surface area contributed by atoms with E-state index in [0.29, 0.717) is 5.92 Å². The molecule has 0 aromatic heterocycles. The molecule has 0 saturated carbocycles. The van der Waals surface area contributed by atoms with Crippen LogP contribution in [0.25, 0.3) is 10.8 Å². The molecule has 2 nitrogen and oxygen atoms in total. The van der Waals surface area contributed by atoms with Crippen LogP contribution in [0.4, 0.5) is 11.4 Å². The number of nitrogens with one attached hydrogen (secondary N) is 2. The first-order valence-corrected chi connectivity index (χ1v) is 21.0. The normalized spacial score (nSPS) is 14.1. The Bertz CT molecular complexity index is 830. The molecule has 1 aliphatic rings. The van der Waals surface area contributed by atoms with Crippen LogP contribution >= 0.6 is 0 Å². The van der Waals surface area contributed by atoms with E-state index in [0.717, 1.165) is 0 Å². The summed E-state index contributed by atoms with van der Waals surface area (Å²) in [5, 5.41) is 10.5. The Hall–Kier alpha value is -1.10. The van der Waals surface area contributed by atoms with Gasteiger partial charge in [-0.25, -0.2) is 0 Å². The molecule has 1 aliphatic heterocycles. The monoisotopic (exact) mass is 540 g/mol. The zero-order valence-corrected chi connectivity index (χ0v) is 24.1. The van der Waals surface area contributed by atoms with Crippen molar-refractivity contribution in [3.63, 3.8) is 0 Å². The molecule has 0 bridgehead atoms. The number of rotatable bonds is 13. The summed E-state index contributed by atoms with van der Waals surface area (Å²) in [7, 11) is 0. The van der Waals surface area contributed by atoms with Gasteiger partial charge in [-0.3, -0.25) is 0 Å². The molecule has 1 heterocycles. The van der Waals surface area contributed by atoms with E-state index >= 15 is 0 Å².